The van der Waals surface area contributed by atoms with Crippen molar-refractivity contribution < 1.29 is 4.79 Å². The van der Waals surface area contributed by atoms with Crippen LogP contribution in [0.4, 0.5) is 5.82 Å². The number of hydrogen-bond donors (Lipinski definition) is 2. The van der Waals surface area contributed by atoms with E-state index in [1.807, 2.05) is 4.90 Å². The van der Waals surface area contributed by atoms with Gasteiger partial charge in [-0.05, 0) is 18.3 Å². The van der Waals surface area contributed by atoms with Crippen LogP contribution in [-0.4, -0.2) is 33.9 Å². The number of anilines is 1. The average Bonchev–Trinajstić information content (AvgIpc) is 2.54. The fourth-order valence-corrected chi connectivity index (χ4v) is 2.82. The largest absolute Gasteiger partial charge is 0.337 e. The van der Waals surface area contributed by atoms with Gasteiger partial charge in [-0.3, -0.25) is 4.79 Å². The molecule has 6 heteroatoms. The van der Waals surface area contributed by atoms with E-state index in [4.69, 9.17) is 5.84 Å². The summed E-state index contributed by atoms with van der Waals surface area (Å²) in [7, 11) is 0. The number of nitrogens with two attached hydrogens (primary N) is 1. The number of likely N-dealkylation sites (tertiary alicyclic amines) is 1. The molecule has 1 amide bonds. The molecular formula is C14H23N5O. The molecule has 2 rings (SSSR count). The van der Waals surface area contributed by atoms with E-state index in [0.717, 1.165) is 25.9 Å². The lowest BCUT2D eigenvalue weighted by Gasteiger charge is -2.40. The highest BCUT2D eigenvalue weighted by Crippen LogP contribution is 2.38. The van der Waals surface area contributed by atoms with Crippen molar-refractivity contribution in [1.82, 2.24) is 14.9 Å². The fourth-order valence-electron chi connectivity index (χ4n) is 2.82. The second-order valence-electron chi connectivity index (χ2n) is 5.43. The highest BCUT2D eigenvalue weighted by molar-refractivity contribution is 5.92. The van der Waals surface area contributed by atoms with Crippen molar-refractivity contribution in [2.24, 2.45) is 11.3 Å². The Kier molecular flexibility index (Phi) is 4.54. The van der Waals surface area contributed by atoms with Gasteiger partial charge in [-0.1, -0.05) is 26.7 Å². The minimum Gasteiger partial charge on any atom is -0.337 e. The predicted molar refractivity (Wildman–Crippen MR) is 78.0 cm³/mol. The summed E-state index contributed by atoms with van der Waals surface area (Å²) in [5.41, 5.74) is 3.19. The third kappa shape index (κ3) is 2.90. The summed E-state index contributed by atoms with van der Waals surface area (Å²) in [4.78, 5) is 22.4. The van der Waals surface area contributed by atoms with Gasteiger partial charge < -0.3 is 10.3 Å². The van der Waals surface area contributed by atoms with Crippen molar-refractivity contribution >= 4 is 11.7 Å². The highest BCUT2D eigenvalue weighted by atomic mass is 16.2. The second-order valence-corrected chi connectivity index (χ2v) is 5.43. The molecule has 3 N–H and O–H groups in total. The Balaban J connectivity index is 2.00. The number of carbonyl (C=O) groups excluding carboxylic acids is 1. The number of nitrogens with zero attached hydrogens (tertiary/aromatic N) is 3. The van der Waals surface area contributed by atoms with Crippen LogP contribution >= 0.6 is 0 Å². The van der Waals surface area contributed by atoms with Crippen molar-refractivity contribution in [3.63, 3.8) is 0 Å². The number of nitrogens with one attached hydrogen (secondary N) is 1. The molecule has 1 aliphatic heterocycles. The molecular weight excluding hydrogens is 254 g/mol. The van der Waals surface area contributed by atoms with E-state index in [-0.39, 0.29) is 5.91 Å². The van der Waals surface area contributed by atoms with Crippen LogP contribution in [0.2, 0.25) is 0 Å². The van der Waals surface area contributed by atoms with E-state index in [9.17, 15) is 4.79 Å². The average molecular weight is 277 g/mol. The van der Waals surface area contributed by atoms with Gasteiger partial charge in [0.05, 0.1) is 12.4 Å². The topological polar surface area (TPSA) is 84.1 Å². The summed E-state index contributed by atoms with van der Waals surface area (Å²) in [6, 6.07) is 0. The molecule has 0 spiro atoms. The summed E-state index contributed by atoms with van der Waals surface area (Å²) in [5, 5.41) is 0. The minimum absolute atomic E-state index is 0.0399. The predicted octanol–water partition coefficient (Wildman–Crippen LogP) is 1.80. The van der Waals surface area contributed by atoms with Gasteiger partial charge in [-0.2, -0.15) is 0 Å². The molecule has 0 bridgehead atoms. The first-order valence-electron chi connectivity index (χ1n) is 7.22. The number of nitrogen functional groups attached to an aromatic ring is 1. The molecule has 2 heterocycles. The van der Waals surface area contributed by atoms with Crippen molar-refractivity contribution in [2.75, 3.05) is 18.5 Å². The Morgan fingerprint density at radius 3 is 2.40 bits per heavy atom. The fraction of sp³-hybridized carbons (Fsp3) is 0.643. The van der Waals surface area contributed by atoms with Crippen molar-refractivity contribution in [3.8, 4) is 0 Å². The molecule has 20 heavy (non-hydrogen) atoms. The summed E-state index contributed by atoms with van der Waals surface area (Å²) in [5.74, 6) is 5.65. The summed E-state index contributed by atoms with van der Waals surface area (Å²) >= 11 is 0. The van der Waals surface area contributed by atoms with Gasteiger partial charge in [0.25, 0.3) is 5.91 Å². The molecule has 0 aliphatic carbocycles. The van der Waals surface area contributed by atoms with Crippen LogP contribution in [0, 0.1) is 5.41 Å². The van der Waals surface area contributed by atoms with Gasteiger partial charge in [-0.25, -0.2) is 15.8 Å². The number of piperidine rings is 1. The molecule has 0 aromatic carbocycles. The molecule has 0 saturated carbocycles. The Morgan fingerprint density at radius 2 is 1.95 bits per heavy atom. The van der Waals surface area contributed by atoms with Gasteiger partial charge in [0.1, 0.15) is 5.69 Å². The third-order valence-corrected chi connectivity index (χ3v) is 4.63. The van der Waals surface area contributed by atoms with Crippen LogP contribution in [0.25, 0.3) is 0 Å². The molecule has 1 aromatic rings. The SMILES string of the molecule is CCC1(CC)CCN(C(=O)c2cnc(NN)cn2)CC1. The number of aromatic nitrogens is 2. The van der Waals surface area contributed by atoms with E-state index in [0.29, 0.717) is 16.9 Å². The lowest BCUT2D eigenvalue weighted by Crippen LogP contribution is -2.43. The number of amides is 1. The normalized spacial score (nSPS) is 17.9. The van der Waals surface area contributed by atoms with Crippen LogP contribution in [0.15, 0.2) is 12.4 Å². The van der Waals surface area contributed by atoms with Crippen LogP contribution < -0.4 is 11.3 Å². The van der Waals surface area contributed by atoms with Crippen LogP contribution in [-0.2, 0) is 0 Å². The lowest BCUT2D eigenvalue weighted by molar-refractivity contribution is 0.0552. The molecule has 0 radical (unpaired) electrons. The molecule has 1 fully saturated rings. The molecule has 1 aliphatic rings. The summed E-state index contributed by atoms with van der Waals surface area (Å²) in [6.07, 6.45) is 7.45. The van der Waals surface area contributed by atoms with Crippen molar-refractivity contribution in [1.29, 1.82) is 0 Å². The standard InChI is InChI=1S/C14H23N5O/c1-3-14(4-2)5-7-19(8-6-14)13(20)11-9-17-12(18-15)10-16-11/h9-10H,3-8,15H2,1-2H3,(H,17,18). The Labute approximate surface area is 119 Å². The van der Waals surface area contributed by atoms with E-state index >= 15 is 0 Å². The van der Waals surface area contributed by atoms with Gasteiger partial charge in [0.15, 0.2) is 5.82 Å². The third-order valence-electron chi connectivity index (χ3n) is 4.63. The van der Waals surface area contributed by atoms with Gasteiger partial charge in [0, 0.05) is 13.1 Å². The zero-order valence-electron chi connectivity index (χ0n) is 12.2. The first kappa shape index (κ1) is 14.7. The zero-order valence-corrected chi connectivity index (χ0v) is 12.2. The minimum atomic E-state index is -0.0399. The van der Waals surface area contributed by atoms with Crippen LogP contribution in [0.3, 0.4) is 0 Å². The van der Waals surface area contributed by atoms with Gasteiger partial charge in [-0.15, -0.1) is 0 Å². The highest BCUT2D eigenvalue weighted by Gasteiger charge is 2.33. The summed E-state index contributed by atoms with van der Waals surface area (Å²) < 4.78 is 0. The maximum absolute atomic E-state index is 12.4. The Hall–Kier alpha value is -1.69. The van der Waals surface area contributed by atoms with E-state index in [1.165, 1.54) is 25.2 Å². The van der Waals surface area contributed by atoms with Gasteiger partial charge in [0.2, 0.25) is 0 Å². The molecule has 6 nitrogen and oxygen atoms in total. The number of hydrazine groups is 1. The summed E-state index contributed by atoms with van der Waals surface area (Å²) in [6.45, 7) is 6.09. The molecule has 110 valence electrons. The van der Waals surface area contributed by atoms with Crippen LogP contribution in [0.1, 0.15) is 50.0 Å². The van der Waals surface area contributed by atoms with Crippen LogP contribution in [0.5, 0.6) is 0 Å². The second kappa shape index (κ2) is 6.17. The maximum atomic E-state index is 12.4. The Bertz CT molecular complexity index is 445. The first-order valence-corrected chi connectivity index (χ1v) is 7.22. The monoisotopic (exact) mass is 277 g/mol. The van der Waals surface area contributed by atoms with E-state index in [2.05, 4.69) is 29.2 Å². The lowest BCUT2D eigenvalue weighted by atomic mass is 9.74. The van der Waals surface area contributed by atoms with Gasteiger partial charge >= 0.3 is 0 Å². The zero-order chi connectivity index (χ0) is 14.6. The van der Waals surface area contributed by atoms with Crippen molar-refractivity contribution in [3.05, 3.63) is 18.1 Å². The maximum Gasteiger partial charge on any atom is 0.274 e. The first-order chi connectivity index (χ1) is 9.64. The molecule has 1 aromatic heterocycles. The number of rotatable bonds is 4. The van der Waals surface area contributed by atoms with E-state index < -0.39 is 0 Å². The quantitative estimate of drug-likeness (QED) is 0.647. The van der Waals surface area contributed by atoms with Crippen molar-refractivity contribution in [2.45, 2.75) is 39.5 Å². The molecule has 1 saturated heterocycles. The molecule has 0 unspecified atom stereocenters. The Morgan fingerprint density at radius 1 is 1.30 bits per heavy atom. The number of hydrogen-bond acceptors (Lipinski definition) is 5. The number of carbonyl (C=O) groups is 1. The smallest absolute Gasteiger partial charge is 0.274 e. The van der Waals surface area contributed by atoms with E-state index in [1.54, 1.807) is 0 Å². The molecule has 0 atom stereocenters.